The van der Waals surface area contributed by atoms with Gasteiger partial charge in [0, 0.05) is 53.7 Å². The summed E-state index contributed by atoms with van der Waals surface area (Å²) in [6.07, 6.45) is 4.00. The maximum atomic E-state index is 2.41. The second-order valence-corrected chi connectivity index (χ2v) is 16.2. The molecular formula is C58H44N2S. The fourth-order valence-electron chi connectivity index (χ4n) is 8.49. The van der Waals surface area contributed by atoms with Crippen molar-refractivity contribution in [2.75, 3.05) is 4.90 Å². The predicted molar refractivity (Wildman–Crippen MR) is 265 cm³/mol. The molecule has 0 saturated heterocycles. The number of allylic oxidation sites excluding steroid dienone is 2. The number of thiophene rings is 1. The van der Waals surface area contributed by atoms with Gasteiger partial charge in [0.15, 0.2) is 0 Å². The molecule has 0 atom stereocenters. The second-order valence-electron chi connectivity index (χ2n) is 15.2. The summed E-state index contributed by atoms with van der Waals surface area (Å²) in [5, 5.41) is 5.21. The number of para-hydroxylation sites is 2. The Bertz CT molecular complexity index is 3180. The van der Waals surface area contributed by atoms with Crippen LogP contribution in [0.1, 0.15) is 13.8 Å². The van der Waals surface area contributed by atoms with E-state index in [9.17, 15) is 0 Å². The zero-order valence-electron chi connectivity index (χ0n) is 34.2. The molecule has 0 saturated carbocycles. The average Bonchev–Trinajstić information content (AvgIpc) is 3.89. The Morgan fingerprint density at radius 2 is 0.820 bits per heavy atom. The standard InChI is InChI=1S/C54H36N2S.C4H8/c1-4-13-37(14-5-1)39-23-29-43(30-24-39)55(44-31-25-40(26-32-44)38-15-6-2-7-16-38)45-33-27-41(28-34-45)46-20-12-21-47-48-35-36-51-52(54(48)57-53(46)47)49-19-10-11-22-50(49)56(51)42-17-8-3-9-18-42;1-3-4-2/h1-36H;3-4H,1-2H3/b;4-3-. The lowest BCUT2D eigenvalue weighted by atomic mass is 10.0. The number of benzene rings is 9. The minimum absolute atomic E-state index is 1.11. The quantitative estimate of drug-likeness (QED) is 0.146. The molecule has 0 N–H and O–H groups in total. The van der Waals surface area contributed by atoms with Crippen molar-refractivity contribution in [3.05, 3.63) is 231 Å². The summed E-state index contributed by atoms with van der Waals surface area (Å²) in [6.45, 7) is 4.00. The fourth-order valence-corrected chi connectivity index (χ4v) is 9.89. The van der Waals surface area contributed by atoms with E-state index >= 15 is 0 Å². The number of nitrogens with zero attached hydrogens (tertiary/aromatic N) is 2. The Kier molecular flexibility index (Phi) is 10.3. The summed E-state index contributed by atoms with van der Waals surface area (Å²) in [7, 11) is 0. The number of aromatic nitrogens is 1. The van der Waals surface area contributed by atoms with Crippen LogP contribution in [0.15, 0.2) is 231 Å². The van der Waals surface area contributed by atoms with Gasteiger partial charge in [0.2, 0.25) is 0 Å². The van der Waals surface area contributed by atoms with Crippen LogP contribution >= 0.6 is 11.3 Å². The first kappa shape index (κ1) is 37.8. The number of fused-ring (bicyclic) bond motifs is 7. The van der Waals surface area contributed by atoms with E-state index in [0.29, 0.717) is 0 Å². The lowest BCUT2D eigenvalue weighted by Crippen LogP contribution is -2.09. The van der Waals surface area contributed by atoms with E-state index in [0.717, 1.165) is 17.1 Å². The summed E-state index contributed by atoms with van der Waals surface area (Å²) >= 11 is 1.92. The molecule has 61 heavy (non-hydrogen) atoms. The van der Waals surface area contributed by atoms with Crippen molar-refractivity contribution < 1.29 is 0 Å². The lowest BCUT2D eigenvalue weighted by Gasteiger charge is -2.26. The highest BCUT2D eigenvalue weighted by Crippen LogP contribution is 2.46. The van der Waals surface area contributed by atoms with Gasteiger partial charge < -0.3 is 9.47 Å². The van der Waals surface area contributed by atoms with Gasteiger partial charge in [-0.2, -0.15) is 0 Å². The molecule has 0 unspecified atom stereocenters. The Labute approximate surface area is 361 Å². The minimum atomic E-state index is 1.11. The van der Waals surface area contributed by atoms with E-state index in [1.807, 2.05) is 37.3 Å². The third kappa shape index (κ3) is 7.09. The Balaban J connectivity index is 0.00000107. The van der Waals surface area contributed by atoms with Gasteiger partial charge >= 0.3 is 0 Å². The van der Waals surface area contributed by atoms with Crippen LogP contribution in [-0.2, 0) is 0 Å². The van der Waals surface area contributed by atoms with Gasteiger partial charge in [0.05, 0.1) is 11.0 Å². The van der Waals surface area contributed by atoms with Crippen molar-refractivity contribution in [3.8, 4) is 39.1 Å². The van der Waals surface area contributed by atoms with E-state index in [2.05, 4.69) is 228 Å². The molecule has 2 nitrogen and oxygen atoms in total. The van der Waals surface area contributed by atoms with E-state index in [1.54, 1.807) is 0 Å². The molecule has 3 heteroatoms. The first-order chi connectivity index (χ1) is 30.2. The van der Waals surface area contributed by atoms with Crippen LogP contribution in [-0.4, -0.2) is 4.57 Å². The monoisotopic (exact) mass is 800 g/mol. The zero-order chi connectivity index (χ0) is 41.1. The van der Waals surface area contributed by atoms with E-state index in [-0.39, 0.29) is 0 Å². The summed E-state index contributed by atoms with van der Waals surface area (Å²) in [4.78, 5) is 2.35. The van der Waals surface area contributed by atoms with Crippen LogP contribution in [0.3, 0.4) is 0 Å². The topological polar surface area (TPSA) is 8.17 Å². The van der Waals surface area contributed by atoms with Crippen molar-refractivity contribution in [1.82, 2.24) is 4.57 Å². The number of hydrogen-bond donors (Lipinski definition) is 0. The summed E-state index contributed by atoms with van der Waals surface area (Å²) < 4.78 is 5.06. The molecule has 2 heterocycles. The molecule has 2 aromatic heterocycles. The highest BCUT2D eigenvalue weighted by atomic mass is 32.1. The summed E-state index contributed by atoms with van der Waals surface area (Å²) in [5.41, 5.74) is 14.3. The van der Waals surface area contributed by atoms with Crippen molar-refractivity contribution >= 4 is 70.4 Å². The molecular weight excluding hydrogens is 757 g/mol. The first-order valence-electron chi connectivity index (χ1n) is 20.9. The molecule has 0 spiro atoms. The fraction of sp³-hybridized carbons (Fsp3) is 0.0345. The van der Waals surface area contributed by atoms with Crippen LogP contribution in [0, 0.1) is 0 Å². The molecule has 11 rings (SSSR count). The molecule has 0 amide bonds. The molecule has 0 aliphatic heterocycles. The first-order valence-corrected chi connectivity index (χ1v) is 21.7. The van der Waals surface area contributed by atoms with Crippen LogP contribution < -0.4 is 4.90 Å². The third-order valence-electron chi connectivity index (χ3n) is 11.5. The molecule has 0 aliphatic carbocycles. The Morgan fingerprint density at radius 3 is 1.38 bits per heavy atom. The van der Waals surface area contributed by atoms with Crippen molar-refractivity contribution in [3.63, 3.8) is 0 Å². The van der Waals surface area contributed by atoms with Crippen LogP contribution in [0.25, 0.3) is 81.0 Å². The molecule has 0 fully saturated rings. The van der Waals surface area contributed by atoms with Crippen LogP contribution in [0.4, 0.5) is 17.1 Å². The summed E-state index contributed by atoms with van der Waals surface area (Å²) in [6, 6.07) is 79.0. The molecule has 0 bridgehead atoms. The zero-order valence-corrected chi connectivity index (χ0v) is 35.1. The number of anilines is 3. The Hall–Kier alpha value is -7.46. The maximum Gasteiger partial charge on any atom is 0.0555 e. The summed E-state index contributed by atoms with van der Waals surface area (Å²) in [5.74, 6) is 0. The van der Waals surface area contributed by atoms with Crippen molar-refractivity contribution in [2.24, 2.45) is 0 Å². The second kappa shape index (κ2) is 16.7. The molecule has 0 radical (unpaired) electrons. The van der Waals surface area contributed by atoms with Gasteiger partial charge in [-0.3, -0.25) is 0 Å². The van der Waals surface area contributed by atoms with E-state index < -0.39 is 0 Å². The smallest absolute Gasteiger partial charge is 0.0555 e. The van der Waals surface area contributed by atoms with Gasteiger partial charge in [0.25, 0.3) is 0 Å². The van der Waals surface area contributed by atoms with Gasteiger partial charge in [-0.25, -0.2) is 0 Å². The maximum absolute atomic E-state index is 2.41. The SMILES string of the molecule is C/C=C\C.c1ccc(-c2ccc(N(c3ccc(-c4ccccc4)cc3)c3ccc(-c4cccc5c4sc4c5ccc5c4c4ccccc4n5-c4ccccc4)cc3)cc2)cc1. The van der Waals surface area contributed by atoms with E-state index in [1.165, 1.54) is 81.0 Å². The third-order valence-corrected chi connectivity index (χ3v) is 12.8. The van der Waals surface area contributed by atoms with Gasteiger partial charge in [-0.1, -0.05) is 170 Å². The highest BCUT2D eigenvalue weighted by Gasteiger charge is 2.19. The number of rotatable bonds is 7. The normalized spacial score (nSPS) is 11.4. The molecule has 0 aliphatic rings. The van der Waals surface area contributed by atoms with Gasteiger partial charge in [-0.15, -0.1) is 11.3 Å². The van der Waals surface area contributed by atoms with E-state index in [4.69, 9.17) is 0 Å². The molecule has 292 valence electrons. The van der Waals surface area contributed by atoms with Gasteiger partial charge in [-0.05, 0) is 108 Å². The Morgan fingerprint density at radius 1 is 0.361 bits per heavy atom. The predicted octanol–water partition coefficient (Wildman–Crippen LogP) is 17.2. The van der Waals surface area contributed by atoms with Gasteiger partial charge in [0.1, 0.15) is 0 Å². The van der Waals surface area contributed by atoms with Crippen molar-refractivity contribution in [2.45, 2.75) is 13.8 Å². The van der Waals surface area contributed by atoms with Crippen LogP contribution in [0.2, 0.25) is 0 Å². The lowest BCUT2D eigenvalue weighted by molar-refractivity contribution is 1.18. The minimum Gasteiger partial charge on any atom is -0.311 e. The largest absolute Gasteiger partial charge is 0.311 e. The highest BCUT2D eigenvalue weighted by molar-refractivity contribution is 7.27. The number of hydrogen-bond acceptors (Lipinski definition) is 2. The van der Waals surface area contributed by atoms with Crippen molar-refractivity contribution in [1.29, 1.82) is 0 Å². The molecule has 9 aromatic carbocycles. The average molecular weight is 801 g/mol. The molecule has 11 aromatic rings. The van der Waals surface area contributed by atoms with Crippen LogP contribution in [0.5, 0.6) is 0 Å².